The van der Waals surface area contributed by atoms with Gasteiger partial charge in [-0.25, -0.2) is 0 Å². The van der Waals surface area contributed by atoms with Crippen LogP contribution >= 0.6 is 0 Å². The number of carbonyl (C=O) groups is 1. The molecule has 2 rings (SSSR count). The molecule has 106 valence electrons. The Balaban J connectivity index is 2.10. The number of hydrogen-bond acceptors (Lipinski definition) is 2. The second-order valence-corrected chi connectivity index (χ2v) is 5.92. The summed E-state index contributed by atoms with van der Waals surface area (Å²) in [5.74, 6) is 0.00239. The number of hydrogen-bond donors (Lipinski definition) is 2. The molecule has 3 nitrogen and oxygen atoms in total. The third-order valence-electron chi connectivity index (χ3n) is 3.78. The van der Waals surface area contributed by atoms with Crippen LogP contribution in [0.15, 0.2) is 42.5 Å². The van der Waals surface area contributed by atoms with Crippen LogP contribution in [0.25, 0.3) is 10.8 Å². The molecule has 3 N–H and O–H groups in total. The van der Waals surface area contributed by atoms with Gasteiger partial charge in [0.05, 0.1) is 6.42 Å². The van der Waals surface area contributed by atoms with E-state index in [1.807, 2.05) is 39.0 Å². The topological polar surface area (TPSA) is 55.1 Å². The van der Waals surface area contributed by atoms with Crippen LogP contribution in [0.5, 0.6) is 0 Å². The zero-order chi connectivity index (χ0) is 14.8. The number of carbonyl (C=O) groups excluding carboxylic acids is 1. The first-order valence-corrected chi connectivity index (χ1v) is 6.93. The largest absolute Gasteiger partial charge is 0.349 e. The molecule has 0 aromatic heterocycles. The number of nitrogens with two attached hydrogens (primary N) is 1. The van der Waals surface area contributed by atoms with Crippen molar-refractivity contribution in [3.05, 3.63) is 48.0 Å². The lowest BCUT2D eigenvalue weighted by Gasteiger charge is -2.30. The molecular weight excluding hydrogens is 248 g/mol. The predicted molar refractivity (Wildman–Crippen MR) is 83.5 cm³/mol. The summed E-state index contributed by atoms with van der Waals surface area (Å²) in [7, 11) is 0. The van der Waals surface area contributed by atoms with Crippen molar-refractivity contribution in [2.24, 2.45) is 5.73 Å². The quantitative estimate of drug-likeness (QED) is 0.897. The number of rotatable bonds is 4. The highest BCUT2D eigenvalue weighted by molar-refractivity contribution is 5.85. The van der Waals surface area contributed by atoms with E-state index in [0.717, 1.165) is 10.9 Å². The third-order valence-corrected chi connectivity index (χ3v) is 3.78. The van der Waals surface area contributed by atoms with Crippen molar-refractivity contribution in [3.63, 3.8) is 0 Å². The van der Waals surface area contributed by atoms with Gasteiger partial charge in [-0.3, -0.25) is 4.79 Å². The second kappa shape index (κ2) is 5.63. The summed E-state index contributed by atoms with van der Waals surface area (Å²) >= 11 is 0. The van der Waals surface area contributed by atoms with Crippen LogP contribution in [0.4, 0.5) is 0 Å². The summed E-state index contributed by atoms with van der Waals surface area (Å²) in [5, 5.41) is 5.33. The summed E-state index contributed by atoms with van der Waals surface area (Å²) in [6.45, 7) is 5.78. The van der Waals surface area contributed by atoms with Gasteiger partial charge in [0.2, 0.25) is 5.91 Å². The summed E-state index contributed by atoms with van der Waals surface area (Å²) < 4.78 is 0. The standard InChI is InChI=1S/C17H22N2O/c1-12(18)17(2,3)19-16(20)11-13-8-9-14-6-4-5-7-15(14)10-13/h4-10,12H,11,18H2,1-3H3,(H,19,20). The molecule has 1 atom stereocenters. The highest BCUT2D eigenvalue weighted by Crippen LogP contribution is 2.16. The zero-order valence-corrected chi connectivity index (χ0v) is 12.3. The molecule has 2 aromatic carbocycles. The van der Waals surface area contributed by atoms with Crippen molar-refractivity contribution < 1.29 is 4.79 Å². The van der Waals surface area contributed by atoms with Crippen molar-refractivity contribution in [2.45, 2.75) is 38.8 Å². The van der Waals surface area contributed by atoms with E-state index in [1.165, 1.54) is 5.39 Å². The molecule has 0 bridgehead atoms. The van der Waals surface area contributed by atoms with Crippen LogP contribution < -0.4 is 11.1 Å². The van der Waals surface area contributed by atoms with Crippen molar-refractivity contribution in [3.8, 4) is 0 Å². The Morgan fingerprint density at radius 3 is 2.50 bits per heavy atom. The number of nitrogens with one attached hydrogen (secondary N) is 1. The molecule has 0 heterocycles. The fourth-order valence-electron chi connectivity index (χ4n) is 2.05. The Morgan fingerprint density at radius 1 is 1.20 bits per heavy atom. The van der Waals surface area contributed by atoms with Crippen LogP contribution in [-0.4, -0.2) is 17.5 Å². The van der Waals surface area contributed by atoms with Gasteiger partial charge < -0.3 is 11.1 Å². The molecule has 0 saturated carbocycles. The Bertz CT molecular complexity index is 617. The minimum absolute atomic E-state index is 0.00239. The molecule has 0 aliphatic carbocycles. The maximum Gasteiger partial charge on any atom is 0.224 e. The maximum absolute atomic E-state index is 12.1. The van der Waals surface area contributed by atoms with Gasteiger partial charge in [0.15, 0.2) is 0 Å². The van der Waals surface area contributed by atoms with E-state index in [-0.39, 0.29) is 11.9 Å². The van der Waals surface area contributed by atoms with E-state index in [2.05, 4.69) is 29.6 Å². The first kappa shape index (κ1) is 14.5. The first-order chi connectivity index (χ1) is 9.38. The second-order valence-electron chi connectivity index (χ2n) is 5.92. The van der Waals surface area contributed by atoms with E-state index in [0.29, 0.717) is 6.42 Å². The van der Waals surface area contributed by atoms with Crippen molar-refractivity contribution in [1.82, 2.24) is 5.32 Å². The Labute approximate surface area is 120 Å². The van der Waals surface area contributed by atoms with Gasteiger partial charge in [0, 0.05) is 11.6 Å². The average molecular weight is 270 g/mol. The van der Waals surface area contributed by atoms with Crippen molar-refractivity contribution >= 4 is 16.7 Å². The van der Waals surface area contributed by atoms with Gasteiger partial charge in [-0.05, 0) is 37.1 Å². The van der Waals surface area contributed by atoms with Crippen LogP contribution in [0, 0.1) is 0 Å². The van der Waals surface area contributed by atoms with Gasteiger partial charge in [0.25, 0.3) is 0 Å². The number of benzene rings is 2. The van der Waals surface area contributed by atoms with E-state index in [9.17, 15) is 4.79 Å². The summed E-state index contributed by atoms with van der Waals surface area (Å²) in [6.07, 6.45) is 0.376. The fourth-order valence-corrected chi connectivity index (χ4v) is 2.05. The molecular formula is C17H22N2O. The van der Waals surface area contributed by atoms with Crippen LogP contribution in [0.2, 0.25) is 0 Å². The lowest BCUT2D eigenvalue weighted by Crippen LogP contribution is -2.54. The van der Waals surface area contributed by atoms with Gasteiger partial charge >= 0.3 is 0 Å². The molecule has 0 aliphatic rings. The molecule has 20 heavy (non-hydrogen) atoms. The third kappa shape index (κ3) is 3.36. The van der Waals surface area contributed by atoms with Crippen LogP contribution in [0.3, 0.4) is 0 Å². The van der Waals surface area contributed by atoms with Crippen LogP contribution in [-0.2, 0) is 11.2 Å². The SMILES string of the molecule is CC(N)C(C)(C)NC(=O)Cc1ccc2ccccc2c1. The molecule has 0 saturated heterocycles. The lowest BCUT2D eigenvalue weighted by atomic mass is 9.96. The highest BCUT2D eigenvalue weighted by atomic mass is 16.1. The van der Waals surface area contributed by atoms with Gasteiger partial charge in [-0.15, -0.1) is 0 Å². The van der Waals surface area contributed by atoms with E-state index in [4.69, 9.17) is 5.73 Å². The van der Waals surface area contributed by atoms with Gasteiger partial charge in [-0.1, -0.05) is 42.5 Å². The molecule has 0 aliphatic heterocycles. The van der Waals surface area contributed by atoms with Gasteiger partial charge in [-0.2, -0.15) is 0 Å². The van der Waals surface area contributed by atoms with Crippen LogP contribution in [0.1, 0.15) is 26.3 Å². The van der Waals surface area contributed by atoms with E-state index >= 15 is 0 Å². The maximum atomic E-state index is 12.1. The fraction of sp³-hybridized carbons (Fsp3) is 0.353. The molecule has 0 fully saturated rings. The zero-order valence-electron chi connectivity index (χ0n) is 12.3. The summed E-state index contributed by atoms with van der Waals surface area (Å²) in [6, 6.07) is 14.2. The van der Waals surface area contributed by atoms with Gasteiger partial charge in [0.1, 0.15) is 0 Å². The van der Waals surface area contributed by atoms with E-state index in [1.54, 1.807) is 0 Å². The van der Waals surface area contributed by atoms with Crippen molar-refractivity contribution in [2.75, 3.05) is 0 Å². The monoisotopic (exact) mass is 270 g/mol. The normalized spacial score (nSPS) is 13.2. The highest BCUT2D eigenvalue weighted by Gasteiger charge is 2.24. The number of fused-ring (bicyclic) bond motifs is 1. The molecule has 0 radical (unpaired) electrons. The molecule has 1 unspecified atom stereocenters. The lowest BCUT2D eigenvalue weighted by molar-refractivity contribution is -0.122. The number of amides is 1. The minimum atomic E-state index is -0.395. The minimum Gasteiger partial charge on any atom is -0.349 e. The Morgan fingerprint density at radius 2 is 1.85 bits per heavy atom. The summed E-state index contributed by atoms with van der Waals surface area (Å²) in [4.78, 5) is 12.1. The smallest absolute Gasteiger partial charge is 0.224 e. The summed E-state index contributed by atoms with van der Waals surface area (Å²) in [5.41, 5.74) is 6.49. The van der Waals surface area contributed by atoms with Crippen molar-refractivity contribution in [1.29, 1.82) is 0 Å². The van der Waals surface area contributed by atoms with E-state index < -0.39 is 5.54 Å². The molecule has 0 spiro atoms. The average Bonchev–Trinajstić information content (AvgIpc) is 2.37. The predicted octanol–water partition coefficient (Wildman–Crippen LogP) is 2.62. The Hall–Kier alpha value is -1.87. The molecule has 1 amide bonds. The molecule has 3 heteroatoms. The first-order valence-electron chi connectivity index (χ1n) is 6.93. The molecule has 2 aromatic rings. The Kier molecular flexibility index (Phi) is 4.09.